The van der Waals surface area contributed by atoms with E-state index < -0.39 is 23.1 Å². The van der Waals surface area contributed by atoms with Crippen LogP contribution < -0.4 is 0 Å². The molecule has 9 heteroatoms. The molecule has 1 aliphatic heterocycles. The minimum absolute atomic E-state index is 0.352. The van der Waals surface area contributed by atoms with E-state index in [1.54, 1.807) is 31.5 Å². The quantitative estimate of drug-likeness (QED) is 0.448. The van der Waals surface area contributed by atoms with Crippen LogP contribution in [0.25, 0.3) is 10.9 Å². The number of hydrogen-bond acceptors (Lipinski definition) is 2. The van der Waals surface area contributed by atoms with Gasteiger partial charge in [0.2, 0.25) is 0 Å². The van der Waals surface area contributed by atoms with Crippen molar-refractivity contribution < 1.29 is 23.1 Å². The Labute approximate surface area is 199 Å². The molecule has 0 aliphatic carbocycles. The molecule has 33 heavy (non-hydrogen) atoms. The fraction of sp³-hybridized carbons (Fsp3) is 0.375. The highest BCUT2D eigenvalue weighted by atomic mass is 35.5. The number of fused-ring (bicyclic) bond motifs is 1. The van der Waals surface area contributed by atoms with Gasteiger partial charge in [0.15, 0.2) is 0 Å². The number of likely N-dealkylation sites (tertiary alicyclic amines) is 1. The van der Waals surface area contributed by atoms with E-state index in [1.807, 2.05) is 17.0 Å². The third kappa shape index (κ3) is 4.34. The number of alkyl halides is 3. The lowest BCUT2D eigenvalue weighted by molar-refractivity contribution is -0.158. The number of aryl methyl sites for hydroxylation is 2. The molecule has 1 saturated heterocycles. The minimum atomic E-state index is -4.42. The van der Waals surface area contributed by atoms with Crippen LogP contribution in [0, 0.1) is 12.3 Å². The Hall–Kier alpha value is -2.22. The first-order chi connectivity index (χ1) is 15.3. The summed E-state index contributed by atoms with van der Waals surface area (Å²) in [7, 11) is 1.73. The highest BCUT2D eigenvalue weighted by Crippen LogP contribution is 2.37. The van der Waals surface area contributed by atoms with Gasteiger partial charge in [-0.15, -0.1) is 0 Å². The number of benzene rings is 2. The van der Waals surface area contributed by atoms with E-state index in [2.05, 4.69) is 0 Å². The van der Waals surface area contributed by atoms with Crippen LogP contribution in [-0.4, -0.2) is 33.6 Å². The molecular weight excluding hydrogens is 476 g/mol. The largest absolute Gasteiger partial charge is 0.481 e. The number of hydrogen-bond donors (Lipinski definition) is 1. The molecule has 0 atom stereocenters. The smallest absolute Gasteiger partial charge is 0.416 e. The number of carboxylic acids is 1. The fourth-order valence-electron chi connectivity index (χ4n) is 4.54. The van der Waals surface area contributed by atoms with Crippen LogP contribution >= 0.6 is 23.2 Å². The average molecular weight is 499 g/mol. The first-order valence-corrected chi connectivity index (χ1v) is 11.1. The van der Waals surface area contributed by atoms with Gasteiger partial charge >= 0.3 is 12.1 Å². The van der Waals surface area contributed by atoms with Crippen molar-refractivity contribution in [3.63, 3.8) is 0 Å². The van der Waals surface area contributed by atoms with Crippen molar-refractivity contribution in [2.24, 2.45) is 12.5 Å². The second kappa shape index (κ2) is 8.22. The van der Waals surface area contributed by atoms with E-state index in [0.29, 0.717) is 52.7 Å². The number of halogens is 5. The molecule has 1 N–H and O–H groups in total. The molecule has 0 unspecified atom stereocenters. The molecule has 1 fully saturated rings. The summed E-state index contributed by atoms with van der Waals surface area (Å²) >= 11 is 13.2. The molecule has 2 aromatic carbocycles. The maximum Gasteiger partial charge on any atom is 0.416 e. The first-order valence-electron chi connectivity index (χ1n) is 10.4. The SMILES string of the molecule is Cc1cc(C(F)(F)F)cc2c1cc(Cc1c(Cl)ccc(CN3CC(C)(C(=O)O)C3)c1Cl)n2C. The summed E-state index contributed by atoms with van der Waals surface area (Å²) in [6.45, 7) is 4.74. The molecule has 2 heterocycles. The van der Waals surface area contributed by atoms with Crippen LogP contribution in [-0.2, 0) is 31.0 Å². The number of aliphatic carboxylic acids is 1. The summed E-state index contributed by atoms with van der Waals surface area (Å²) in [4.78, 5) is 13.3. The number of aromatic nitrogens is 1. The van der Waals surface area contributed by atoms with Crippen molar-refractivity contribution in [2.45, 2.75) is 33.0 Å². The van der Waals surface area contributed by atoms with Gasteiger partial charge in [0, 0.05) is 54.7 Å². The average Bonchev–Trinajstić information content (AvgIpc) is 3.01. The summed E-state index contributed by atoms with van der Waals surface area (Å²) < 4.78 is 41.6. The van der Waals surface area contributed by atoms with Gasteiger partial charge < -0.3 is 9.67 Å². The Kier molecular flexibility index (Phi) is 5.96. The number of carboxylic acid groups (broad SMARTS) is 1. The Morgan fingerprint density at radius 3 is 2.45 bits per heavy atom. The fourth-order valence-corrected chi connectivity index (χ4v) is 5.10. The Morgan fingerprint density at radius 2 is 1.85 bits per heavy atom. The second-order valence-corrected chi connectivity index (χ2v) is 9.89. The van der Waals surface area contributed by atoms with Gasteiger partial charge in [0.1, 0.15) is 0 Å². The molecule has 4 rings (SSSR count). The number of nitrogens with zero attached hydrogens (tertiary/aromatic N) is 2. The standard InChI is InChI=1S/C24H23Cl2F3N2O2/c1-13-6-15(24(27,28)29)7-20-17(13)8-16(30(20)3)9-18-19(25)5-4-14(21(18)26)10-31-11-23(2,12-31)22(32)33/h4-8H,9-12H2,1-3H3,(H,32,33). The van der Waals surface area contributed by atoms with Crippen molar-refractivity contribution in [3.8, 4) is 0 Å². The van der Waals surface area contributed by atoms with Crippen molar-refractivity contribution in [1.82, 2.24) is 9.47 Å². The van der Waals surface area contributed by atoms with Crippen LogP contribution in [0.3, 0.4) is 0 Å². The highest BCUT2D eigenvalue weighted by molar-refractivity contribution is 6.36. The van der Waals surface area contributed by atoms with Gasteiger partial charge in [-0.3, -0.25) is 9.69 Å². The third-order valence-corrected chi connectivity index (χ3v) is 7.30. The molecular formula is C24H23Cl2F3N2O2. The van der Waals surface area contributed by atoms with E-state index in [-0.39, 0.29) is 0 Å². The molecule has 4 nitrogen and oxygen atoms in total. The molecule has 0 amide bonds. The van der Waals surface area contributed by atoms with E-state index in [0.717, 1.165) is 28.8 Å². The van der Waals surface area contributed by atoms with Crippen molar-refractivity contribution in [1.29, 1.82) is 0 Å². The zero-order valence-electron chi connectivity index (χ0n) is 18.4. The summed E-state index contributed by atoms with van der Waals surface area (Å²) in [5, 5.41) is 11.0. The van der Waals surface area contributed by atoms with Crippen LogP contribution in [0.15, 0.2) is 30.3 Å². The summed E-state index contributed by atoms with van der Waals surface area (Å²) in [6, 6.07) is 7.77. The normalized spacial score (nSPS) is 16.2. The Morgan fingerprint density at radius 1 is 1.18 bits per heavy atom. The van der Waals surface area contributed by atoms with Gasteiger partial charge in [-0.1, -0.05) is 29.3 Å². The lowest BCUT2D eigenvalue weighted by Crippen LogP contribution is -2.58. The van der Waals surface area contributed by atoms with Gasteiger partial charge in [0.25, 0.3) is 0 Å². The predicted molar refractivity (Wildman–Crippen MR) is 123 cm³/mol. The zero-order valence-corrected chi connectivity index (χ0v) is 19.9. The maximum absolute atomic E-state index is 13.3. The Balaban J connectivity index is 1.64. The predicted octanol–water partition coefficient (Wildman–Crippen LogP) is 6.31. The Bertz CT molecular complexity index is 1260. The summed E-state index contributed by atoms with van der Waals surface area (Å²) in [6.07, 6.45) is -4.07. The zero-order chi connectivity index (χ0) is 24.3. The molecule has 0 bridgehead atoms. The monoisotopic (exact) mass is 498 g/mol. The van der Waals surface area contributed by atoms with Crippen LogP contribution in [0.4, 0.5) is 13.2 Å². The lowest BCUT2D eigenvalue weighted by Gasteiger charge is -2.45. The van der Waals surface area contributed by atoms with E-state index in [1.165, 1.54) is 0 Å². The molecule has 1 aromatic heterocycles. The van der Waals surface area contributed by atoms with Gasteiger partial charge in [-0.25, -0.2) is 0 Å². The van der Waals surface area contributed by atoms with Crippen molar-refractivity contribution in [2.75, 3.05) is 13.1 Å². The first kappa shape index (κ1) is 23.9. The summed E-state index contributed by atoms with van der Waals surface area (Å²) in [5.41, 5.74) is 1.92. The van der Waals surface area contributed by atoms with Gasteiger partial charge in [0.05, 0.1) is 16.0 Å². The molecule has 0 radical (unpaired) electrons. The van der Waals surface area contributed by atoms with Gasteiger partial charge in [-0.2, -0.15) is 13.2 Å². The molecule has 176 valence electrons. The summed E-state index contributed by atoms with van der Waals surface area (Å²) in [5.74, 6) is -0.818. The second-order valence-electron chi connectivity index (χ2n) is 9.11. The van der Waals surface area contributed by atoms with Crippen molar-refractivity contribution >= 4 is 40.1 Å². The lowest BCUT2D eigenvalue weighted by atomic mass is 9.82. The highest BCUT2D eigenvalue weighted by Gasteiger charge is 2.45. The maximum atomic E-state index is 13.3. The molecule has 0 saturated carbocycles. The van der Waals surface area contributed by atoms with Crippen LogP contribution in [0.1, 0.15) is 34.9 Å². The minimum Gasteiger partial charge on any atom is -0.481 e. The topological polar surface area (TPSA) is 45.5 Å². The van der Waals surface area contributed by atoms with Crippen LogP contribution in [0.5, 0.6) is 0 Å². The molecule has 1 aliphatic rings. The molecule has 0 spiro atoms. The number of rotatable bonds is 5. The van der Waals surface area contributed by atoms with E-state index >= 15 is 0 Å². The van der Waals surface area contributed by atoms with Crippen molar-refractivity contribution in [3.05, 3.63) is 68.3 Å². The van der Waals surface area contributed by atoms with Gasteiger partial charge in [-0.05, 0) is 54.8 Å². The van der Waals surface area contributed by atoms with E-state index in [9.17, 15) is 23.1 Å². The van der Waals surface area contributed by atoms with E-state index in [4.69, 9.17) is 23.2 Å². The molecule has 3 aromatic rings. The third-order valence-electron chi connectivity index (χ3n) is 6.47. The van der Waals surface area contributed by atoms with Crippen LogP contribution in [0.2, 0.25) is 10.0 Å². The number of carbonyl (C=O) groups is 1.